The number of carbonyl (C=O) groups is 1. The minimum Gasteiger partial charge on any atom is -0.292 e. The minimum absolute atomic E-state index is 0.267. The van der Waals surface area contributed by atoms with Gasteiger partial charge in [-0.05, 0) is 24.3 Å². The molecule has 1 atom stereocenters. The molecule has 4 heteroatoms. The van der Waals surface area contributed by atoms with Crippen LogP contribution in [0.3, 0.4) is 0 Å². The highest BCUT2D eigenvalue weighted by molar-refractivity contribution is 9.10. The molecule has 0 saturated carbocycles. The van der Waals surface area contributed by atoms with E-state index in [9.17, 15) is 9.18 Å². The first-order chi connectivity index (χ1) is 5.61. The third-order valence-corrected chi connectivity index (χ3v) is 1.94. The summed E-state index contributed by atoms with van der Waals surface area (Å²) >= 11 is 8.39. The van der Waals surface area contributed by atoms with Gasteiger partial charge in [-0.15, -0.1) is 11.6 Å². The lowest BCUT2D eigenvalue weighted by Crippen LogP contribution is -2.07. The molecule has 0 bridgehead atoms. The van der Waals surface area contributed by atoms with E-state index in [1.165, 1.54) is 24.3 Å². The minimum atomic E-state index is -0.747. The summed E-state index contributed by atoms with van der Waals surface area (Å²) in [5, 5.41) is 0. The van der Waals surface area contributed by atoms with Gasteiger partial charge < -0.3 is 0 Å². The van der Waals surface area contributed by atoms with Gasteiger partial charge in [0.05, 0.1) is 0 Å². The van der Waals surface area contributed by atoms with E-state index in [1.54, 1.807) is 0 Å². The fraction of sp³-hybridized carbons (Fsp3) is 0.125. The van der Waals surface area contributed by atoms with Crippen LogP contribution in [0.25, 0.3) is 0 Å². The Hall–Kier alpha value is -0.410. The number of hydrogen-bond acceptors (Lipinski definition) is 1. The third kappa shape index (κ3) is 2.29. The van der Waals surface area contributed by atoms with Crippen molar-refractivity contribution in [2.75, 3.05) is 0 Å². The molecule has 0 aliphatic rings. The molecule has 64 valence electrons. The normalized spacial score (nSPS) is 12.6. The Morgan fingerprint density at radius 3 is 2.33 bits per heavy atom. The summed E-state index contributed by atoms with van der Waals surface area (Å²) in [4.78, 5) is 11.2. The number of alkyl halides is 2. The molecule has 0 saturated heterocycles. The van der Waals surface area contributed by atoms with Crippen LogP contribution in [0.15, 0.2) is 24.3 Å². The van der Waals surface area contributed by atoms with Crippen LogP contribution in [-0.4, -0.2) is 10.1 Å². The van der Waals surface area contributed by atoms with Crippen LogP contribution in [-0.2, 0) is 0 Å². The molecule has 0 radical (unpaired) electrons. The van der Waals surface area contributed by atoms with Crippen molar-refractivity contribution in [3.05, 3.63) is 35.6 Å². The number of halogens is 3. The van der Waals surface area contributed by atoms with Crippen LogP contribution in [0, 0.1) is 5.82 Å². The van der Waals surface area contributed by atoms with Crippen molar-refractivity contribution in [3.63, 3.8) is 0 Å². The second-order valence-electron chi connectivity index (χ2n) is 2.17. The molecule has 0 N–H and O–H groups in total. The van der Waals surface area contributed by atoms with E-state index in [2.05, 4.69) is 15.9 Å². The Balaban J connectivity index is 2.90. The van der Waals surface area contributed by atoms with Gasteiger partial charge in [0, 0.05) is 5.56 Å². The van der Waals surface area contributed by atoms with E-state index in [1.807, 2.05) is 0 Å². The van der Waals surface area contributed by atoms with Crippen molar-refractivity contribution >= 4 is 33.3 Å². The SMILES string of the molecule is O=C(c1ccc(F)cc1)C(Cl)Br. The summed E-state index contributed by atoms with van der Waals surface area (Å²) in [6.07, 6.45) is 0. The molecule has 1 aromatic rings. The first-order valence-electron chi connectivity index (χ1n) is 3.19. The summed E-state index contributed by atoms with van der Waals surface area (Å²) in [7, 11) is 0. The van der Waals surface area contributed by atoms with Gasteiger partial charge in [-0.25, -0.2) is 4.39 Å². The molecular weight excluding hydrogens is 246 g/mol. The van der Waals surface area contributed by atoms with Gasteiger partial charge in [-0.2, -0.15) is 0 Å². The first-order valence-corrected chi connectivity index (χ1v) is 4.54. The van der Waals surface area contributed by atoms with Gasteiger partial charge in [0.25, 0.3) is 0 Å². The highest BCUT2D eigenvalue weighted by Crippen LogP contribution is 2.13. The summed E-state index contributed by atoms with van der Waals surface area (Å²) in [5.74, 6) is -0.635. The number of hydrogen-bond donors (Lipinski definition) is 0. The van der Waals surface area contributed by atoms with Crippen LogP contribution in [0.4, 0.5) is 4.39 Å². The van der Waals surface area contributed by atoms with E-state index in [0.717, 1.165) is 0 Å². The van der Waals surface area contributed by atoms with Gasteiger partial charge in [-0.3, -0.25) is 4.79 Å². The van der Waals surface area contributed by atoms with Crippen molar-refractivity contribution in [1.29, 1.82) is 0 Å². The Morgan fingerprint density at radius 1 is 1.42 bits per heavy atom. The molecule has 1 aromatic carbocycles. The van der Waals surface area contributed by atoms with E-state index in [4.69, 9.17) is 11.6 Å². The molecular formula is C8H5BrClFO. The van der Waals surface area contributed by atoms with Gasteiger partial charge >= 0.3 is 0 Å². The molecule has 0 aliphatic carbocycles. The molecule has 1 rings (SSSR count). The molecule has 0 aromatic heterocycles. The Bertz CT molecular complexity index is 284. The maximum absolute atomic E-state index is 12.4. The molecule has 0 amide bonds. The zero-order chi connectivity index (χ0) is 9.14. The number of benzene rings is 1. The average molecular weight is 251 g/mol. The number of Topliss-reactive ketones (excluding diaryl/α,β-unsaturated/α-hetero) is 1. The summed E-state index contributed by atoms with van der Waals surface area (Å²) in [6, 6.07) is 5.24. The largest absolute Gasteiger partial charge is 0.292 e. The molecule has 1 unspecified atom stereocenters. The van der Waals surface area contributed by atoms with Gasteiger partial charge in [0.1, 0.15) is 5.82 Å². The van der Waals surface area contributed by atoms with E-state index >= 15 is 0 Å². The van der Waals surface area contributed by atoms with Crippen LogP contribution in [0.5, 0.6) is 0 Å². The lowest BCUT2D eigenvalue weighted by Gasteiger charge is -1.99. The third-order valence-electron chi connectivity index (χ3n) is 1.33. The Morgan fingerprint density at radius 2 is 1.92 bits per heavy atom. The van der Waals surface area contributed by atoms with Crippen LogP contribution in [0.1, 0.15) is 10.4 Å². The molecule has 1 nitrogen and oxygen atoms in total. The molecule has 0 spiro atoms. The van der Waals surface area contributed by atoms with E-state index in [-0.39, 0.29) is 11.6 Å². The van der Waals surface area contributed by atoms with Gasteiger partial charge in [0.2, 0.25) is 0 Å². The summed E-state index contributed by atoms with van der Waals surface area (Å²) in [6.45, 7) is 0. The van der Waals surface area contributed by atoms with Crippen LogP contribution >= 0.6 is 27.5 Å². The lowest BCUT2D eigenvalue weighted by atomic mass is 10.1. The second-order valence-corrected chi connectivity index (χ2v) is 4.05. The fourth-order valence-electron chi connectivity index (χ4n) is 0.740. The smallest absolute Gasteiger partial charge is 0.191 e. The van der Waals surface area contributed by atoms with Crippen molar-refractivity contribution in [3.8, 4) is 0 Å². The Kier molecular flexibility index (Phi) is 3.23. The van der Waals surface area contributed by atoms with Crippen molar-refractivity contribution in [2.24, 2.45) is 0 Å². The highest BCUT2D eigenvalue weighted by Gasteiger charge is 2.12. The lowest BCUT2D eigenvalue weighted by molar-refractivity contribution is 0.101. The fourth-order valence-corrected chi connectivity index (χ4v) is 1.13. The maximum Gasteiger partial charge on any atom is 0.191 e. The first kappa shape index (κ1) is 9.68. The molecule has 0 heterocycles. The van der Waals surface area contributed by atoms with Crippen molar-refractivity contribution in [2.45, 2.75) is 4.29 Å². The maximum atomic E-state index is 12.4. The van der Waals surface area contributed by atoms with Crippen molar-refractivity contribution < 1.29 is 9.18 Å². The van der Waals surface area contributed by atoms with Crippen LogP contribution in [0.2, 0.25) is 0 Å². The summed E-state index contributed by atoms with van der Waals surface area (Å²) in [5.41, 5.74) is 0.397. The number of carbonyl (C=O) groups excluding carboxylic acids is 1. The monoisotopic (exact) mass is 250 g/mol. The number of rotatable bonds is 2. The van der Waals surface area contributed by atoms with Crippen LogP contribution < -0.4 is 0 Å². The quantitative estimate of drug-likeness (QED) is 0.583. The standard InChI is InChI=1S/C8H5BrClFO/c9-8(10)7(12)5-1-3-6(11)4-2-5/h1-4,8H. The number of ketones is 1. The predicted molar refractivity (Wildman–Crippen MR) is 49.3 cm³/mol. The predicted octanol–water partition coefficient (Wildman–Crippen LogP) is 2.97. The topological polar surface area (TPSA) is 17.1 Å². The zero-order valence-electron chi connectivity index (χ0n) is 5.93. The van der Waals surface area contributed by atoms with Crippen molar-refractivity contribution in [1.82, 2.24) is 0 Å². The molecule has 0 aliphatic heterocycles. The Labute approximate surface area is 82.7 Å². The highest BCUT2D eigenvalue weighted by atomic mass is 79.9. The van der Waals surface area contributed by atoms with E-state index < -0.39 is 4.29 Å². The van der Waals surface area contributed by atoms with Gasteiger partial charge in [0.15, 0.2) is 10.1 Å². The average Bonchev–Trinajstić information content (AvgIpc) is 2.04. The van der Waals surface area contributed by atoms with Gasteiger partial charge in [-0.1, -0.05) is 15.9 Å². The zero-order valence-corrected chi connectivity index (χ0v) is 8.27. The second kappa shape index (κ2) is 4.01. The van der Waals surface area contributed by atoms with E-state index in [0.29, 0.717) is 5.56 Å². The summed E-state index contributed by atoms with van der Waals surface area (Å²) < 4.78 is 11.6. The molecule has 12 heavy (non-hydrogen) atoms. The molecule has 0 fully saturated rings.